The van der Waals surface area contributed by atoms with Gasteiger partial charge < -0.3 is 20.1 Å². The molecule has 0 saturated carbocycles. The molecular weight excluding hydrogens is 380 g/mol. The van der Waals surface area contributed by atoms with E-state index in [1.165, 1.54) is 0 Å². The van der Waals surface area contributed by atoms with E-state index in [4.69, 9.17) is 9.47 Å². The fourth-order valence-corrected chi connectivity index (χ4v) is 2.84. The smallest absolute Gasteiger partial charge is 0.262 e. The number of nitrogens with one attached hydrogen (secondary N) is 2. The minimum atomic E-state index is -0.291. The average Bonchev–Trinajstić information content (AvgIpc) is 2.73. The zero-order valence-electron chi connectivity index (χ0n) is 17.0. The van der Waals surface area contributed by atoms with Gasteiger partial charge in [0.2, 0.25) is 0 Å². The number of aryl methyl sites for hydroxylation is 2. The van der Waals surface area contributed by atoms with Crippen molar-refractivity contribution in [3.8, 4) is 11.5 Å². The van der Waals surface area contributed by atoms with E-state index < -0.39 is 0 Å². The van der Waals surface area contributed by atoms with Gasteiger partial charge in [0.1, 0.15) is 11.5 Å². The average molecular weight is 404 g/mol. The Morgan fingerprint density at radius 1 is 0.733 bits per heavy atom. The van der Waals surface area contributed by atoms with Crippen molar-refractivity contribution in [3.63, 3.8) is 0 Å². The predicted octanol–water partition coefficient (Wildman–Crippen LogP) is 4.34. The highest BCUT2D eigenvalue weighted by molar-refractivity contribution is 5.95. The third kappa shape index (κ3) is 6.38. The van der Waals surface area contributed by atoms with Crippen LogP contribution in [0.3, 0.4) is 0 Å². The number of anilines is 2. The van der Waals surface area contributed by atoms with Crippen LogP contribution in [-0.4, -0.2) is 25.0 Å². The van der Waals surface area contributed by atoms with Gasteiger partial charge in [0.25, 0.3) is 11.8 Å². The summed E-state index contributed by atoms with van der Waals surface area (Å²) in [6.07, 6.45) is 0. The second kappa shape index (κ2) is 10.1. The fraction of sp³-hybridized carbons (Fsp3) is 0.167. The van der Waals surface area contributed by atoms with E-state index in [-0.39, 0.29) is 25.0 Å². The van der Waals surface area contributed by atoms with E-state index in [2.05, 4.69) is 10.6 Å². The molecule has 3 rings (SSSR count). The molecule has 0 bridgehead atoms. The summed E-state index contributed by atoms with van der Waals surface area (Å²) in [6, 6.07) is 21.8. The van der Waals surface area contributed by atoms with Crippen molar-refractivity contribution in [2.24, 2.45) is 0 Å². The molecule has 0 fully saturated rings. The molecule has 0 atom stereocenters. The zero-order valence-corrected chi connectivity index (χ0v) is 17.0. The summed E-state index contributed by atoms with van der Waals surface area (Å²) < 4.78 is 11.0. The van der Waals surface area contributed by atoms with Crippen LogP contribution >= 0.6 is 0 Å². The molecule has 2 amide bonds. The molecule has 6 nitrogen and oxygen atoms in total. The van der Waals surface area contributed by atoms with Gasteiger partial charge in [-0.3, -0.25) is 9.59 Å². The van der Waals surface area contributed by atoms with E-state index in [1.54, 1.807) is 36.4 Å². The van der Waals surface area contributed by atoms with Crippen molar-refractivity contribution in [3.05, 3.63) is 83.9 Å². The molecular formula is C24H24N2O4. The van der Waals surface area contributed by atoms with Gasteiger partial charge in [0.05, 0.1) is 0 Å². The molecule has 0 radical (unpaired) electrons. The second-order valence-corrected chi connectivity index (χ2v) is 6.84. The molecule has 30 heavy (non-hydrogen) atoms. The summed E-state index contributed by atoms with van der Waals surface area (Å²) in [5, 5.41) is 5.52. The first kappa shape index (κ1) is 20.9. The van der Waals surface area contributed by atoms with Crippen LogP contribution in [0.4, 0.5) is 11.4 Å². The predicted molar refractivity (Wildman–Crippen MR) is 117 cm³/mol. The number of ether oxygens (including phenoxy) is 2. The van der Waals surface area contributed by atoms with Gasteiger partial charge >= 0.3 is 0 Å². The molecule has 0 saturated heterocycles. The first-order valence-corrected chi connectivity index (χ1v) is 9.57. The standard InChI is InChI=1S/C24H24N2O4/c1-17-11-12-22(18(2)13-17)30-16-24(28)26-20-8-6-7-19(14-20)25-23(27)15-29-21-9-4-3-5-10-21/h3-14H,15-16H2,1-2H3,(H,25,27)(H,26,28). The zero-order chi connectivity index (χ0) is 21.3. The minimum absolute atomic E-state index is 0.106. The van der Waals surface area contributed by atoms with Crippen LogP contribution in [0.1, 0.15) is 11.1 Å². The molecule has 3 aromatic carbocycles. The summed E-state index contributed by atoms with van der Waals surface area (Å²) >= 11 is 0. The van der Waals surface area contributed by atoms with E-state index in [0.29, 0.717) is 22.9 Å². The maximum atomic E-state index is 12.2. The Hall–Kier alpha value is -3.80. The highest BCUT2D eigenvalue weighted by Gasteiger charge is 2.08. The highest BCUT2D eigenvalue weighted by atomic mass is 16.5. The fourth-order valence-electron chi connectivity index (χ4n) is 2.84. The largest absolute Gasteiger partial charge is 0.484 e. The van der Waals surface area contributed by atoms with Crippen molar-refractivity contribution < 1.29 is 19.1 Å². The van der Waals surface area contributed by atoms with Crippen LogP contribution in [0.5, 0.6) is 11.5 Å². The second-order valence-electron chi connectivity index (χ2n) is 6.84. The molecule has 0 aliphatic heterocycles. The Morgan fingerprint density at radius 2 is 1.37 bits per heavy atom. The van der Waals surface area contributed by atoms with Crippen LogP contribution in [0.15, 0.2) is 72.8 Å². The quantitative estimate of drug-likeness (QED) is 0.586. The van der Waals surface area contributed by atoms with Gasteiger partial charge in [-0.2, -0.15) is 0 Å². The third-order valence-electron chi connectivity index (χ3n) is 4.23. The minimum Gasteiger partial charge on any atom is -0.484 e. The lowest BCUT2D eigenvalue weighted by atomic mass is 10.1. The van der Waals surface area contributed by atoms with Gasteiger partial charge in [-0.05, 0) is 55.8 Å². The van der Waals surface area contributed by atoms with Gasteiger partial charge in [-0.25, -0.2) is 0 Å². The maximum absolute atomic E-state index is 12.2. The Labute approximate surface area is 175 Å². The number of carbonyl (C=O) groups excluding carboxylic acids is 2. The SMILES string of the molecule is Cc1ccc(OCC(=O)Nc2cccc(NC(=O)COc3ccccc3)c2)c(C)c1. The van der Waals surface area contributed by atoms with E-state index in [0.717, 1.165) is 11.1 Å². The molecule has 3 aromatic rings. The van der Waals surface area contributed by atoms with Crippen LogP contribution < -0.4 is 20.1 Å². The van der Waals surface area contributed by atoms with Gasteiger partial charge in [-0.1, -0.05) is 42.0 Å². The normalized spacial score (nSPS) is 10.2. The van der Waals surface area contributed by atoms with Crippen LogP contribution in [-0.2, 0) is 9.59 Å². The monoisotopic (exact) mass is 404 g/mol. The number of benzene rings is 3. The van der Waals surface area contributed by atoms with E-state index >= 15 is 0 Å². The molecule has 154 valence electrons. The molecule has 0 aliphatic carbocycles. The summed E-state index contributed by atoms with van der Waals surface area (Å²) in [7, 11) is 0. The number of rotatable bonds is 8. The summed E-state index contributed by atoms with van der Waals surface area (Å²) in [4.78, 5) is 24.3. The molecule has 0 unspecified atom stereocenters. The molecule has 0 aliphatic rings. The van der Waals surface area contributed by atoms with Crippen molar-refractivity contribution in [1.29, 1.82) is 0 Å². The lowest BCUT2D eigenvalue weighted by Gasteiger charge is -2.11. The lowest BCUT2D eigenvalue weighted by molar-refractivity contribution is -0.118. The third-order valence-corrected chi connectivity index (χ3v) is 4.23. The van der Waals surface area contributed by atoms with Crippen molar-refractivity contribution in [2.45, 2.75) is 13.8 Å². The summed E-state index contributed by atoms with van der Waals surface area (Å²) in [5.41, 5.74) is 3.23. The van der Waals surface area contributed by atoms with Crippen molar-refractivity contribution in [1.82, 2.24) is 0 Å². The number of para-hydroxylation sites is 1. The number of amides is 2. The Morgan fingerprint density at radius 3 is 2.00 bits per heavy atom. The van der Waals surface area contributed by atoms with Gasteiger partial charge in [0, 0.05) is 11.4 Å². The van der Waals surface area contributed by atoms with Crippen LogP contribution in [0, 0.1) is 13.8 Å². The molecule has 0 aromatic heterocycles. The molecule has 0 spiro atoms. The Balaban J connectivity index is 1.49. The maximum Gasteiger partial charge on any atom is 0.262 e. The lowest BCUT2D eigenvalue weighted by Crippen LogP contribution is -2.21. The van der Waals surface area contributed by atoms with E-state index in [9.17, 15) is 9.59 Å². The van der Waals surface area contributed by atoms with Gasteiger partial charge in [-0.15, -0.1) is 0 Å². The van der Waals surface area contributed by atoms with Crippen molar-refractivity contribution >= 4 is 23.2 Å². The van der Waals surface area contributed by atoms with Crippen LogP contribution in [0.25, 0.3) is 0 Å². The first-order valence-electron chi connectivity index (χ1n) is 9.57. The molecule has 6 heteroatoms. The summed E-state index contributed by atoms with van der Waals surface area (Å²) in [6.45, 7) is 3.73. The Bertz CT molecular complexity index is 1020. The van der Waals surface area contributed by atoms with Crippen molar-refractivity contribution in [2.75, 3.05) is 23.8 Å². The number of carbonyl (C=O) groups is 2. The number of hydrogen-bond acceptors (Lipinski definition) is 4. The molecule has 2 N–H and O–H groups in total. The first-order chi connectivity index (χ1) is 14.5. The molecule has 0 heterocycles. The van der Waals surface area contributed by atoms with Crippen LogP contribution in [0.2, 0.25) is 0 Å². The highest BCUT2D eigenvalue weighted by Crippen LogP contribution is 2.19. The topological polar surface area (TPSA) is 76.7 Å². The van der Waals surface area contributed by atoms with Gasteiger partial charge in [0.15, 0.2) is 13.2 Å². The van der Waals surface area contributed by atoms with E-state index in [1.807, 2.05) is 50.2 Å². The summed E-state index contributed by atoms with van der Waals surface area (Å²) in [5.74, 6) is 0.721. The Kier molecular flexibility index (Phi) is 7.05. The number of hydrogen-bond donors (Lipinski definition) is 2.